The number of fused-ring (bicyclic) bond motifs is 1. The van der Waals surface area contributed by atoms with E-state index >= 15 is 0 Å². The number of hydrogen-bond donors (Lipinski definition) is 1. The second-order valence-electron chi connectivity index (χ2n) is 4.52. The molecular formula is C14H12N4O2S. The highest BCUT2D eigenvalue weighted by Gasteiger charge is 2.14. The van der Waals surface area contributed by atoms with E-state index in [0.29, 0.717) is 11.9 Å². The van der Waals surface area contributed by atoms with Crippen LogP contribution in [0, 0.1) is 17.0 Å². The zero-order valence-corrected chi connectivity index (χ0v) is 12.1. The first kappa shape index (κ1) is 13.4. The SMILES string of the molecule is Cc1nc(CNc2ccc([N+](=O)[O-])c3cnccc23)cs1. The average molecular weight is 300 g/mol. The van der Waals surface area contributed by atoms with Crippen molar-refractivity contribution in [2.75, 3.05) is 5.32 Å². The number of aryl methyl sites for hydroxylation is 1. The third-order valence-corrected chi connectivity index (χ3v) is 3.94. The van der Waals surface area contributed by atoms with Gasteiger partial charge in [0.15, 0.2) is 0 Å². The number of non-ortho nitro benzene ring substituents is 1. The van der Waals surface area contributed by atoms with Crippen molar-refractivity contribution in [3.05, 3.63) is 56.8 Å². The fraction of sp³-hybridized carbons (Fsp3) is 0.143. The predicted octanol–water partition coefficient (Wildman–Crippen LogP) is 3.52. The molecule has 2 aromatic heterocycles. The van der Waals surface area contributed by atoms with E-state index in [2.05, 4.69) is 15.3 Å². The molecule has 0 amide bonds. The molecule has 0 unspecified atom stereocenters. The summed E-state index contributed by atoms with van der Waals surface area (Å²) in [5, 5.41) is 18.7. The van der Waals surface area contributed by atoms with Gasteiger partial charge >= 0.3 is 0 Å². The summed E-state index contributed by atoms with van der Waals surface area (Å²) in [5.41, 5.74) is 1.86. The quantitative estimate of drug-likeness (QED) is 0.589. The maximum Gasteiger partial charge on any atom is 0.278 e. The number of thiazole rings is 1. The first-order chi connectivity index (χ1) is 10.1. The average Bonchev–Trinajstić information content (AvgIpc) is 2.90. The van der Waals surface area contributed by atoms with Gasteiger partial charge in [-0.1, -0.05) is 0 Å². The van der Waals surface area contributed by atoms with Crippen molar-refractivity contribution >= 4 is 33.5 Å². The first-order valence-corrected chi connectivity index (χ1v) is 7.19. The lowest BCUT2D eigenvalue weighted by atomic mass is 10.1. The van der Waals surface area contributed by atoms with Gasteiger partial charge in [0, 0.05) is 34.9 Å². The van der Waals surface area contributed by atoms with Crippen LogP contribution >= 0.6 is 11.3 Å². The summed E-state index contributed by atoms with van der Waals surface area (Å²) in [6.45, 7) is 2.54. The van der Waals surface area contributed by atoms with Gasteiger partial charge in [-0.05, 0) is 19.1 Å². The number of benzene rings is 1. The second kappa shape index (κ2) is 5.45. The smallest absolute Gasteiger partial charge is 0.278 e. The molecule has 3 rings (SSSR count). The molecule has 1 aromatic carbocycles. The van der Waals surface area contributed by atoms with Gasteiger partial charge in [-0.25, -0.2) is 4.98 Å². The molecule has 0 aliphatic carbocycles. The third-order valence-electron chi connectivity index (χ3n) is 3.12. The number of anilines is 1. The maximum atomic E-state index is 11.1. The zero-order valence-electron chi connectivity index (χ0n) is 11.2. The molecule has 0 spiro atoms. The molecule has 0 saturated heterocycles. The van der Waals surface area contributed by atoms with Crippen molar-refractivity contribution in [2.24, 2.45) is 0 Å². The topological polar surface area (TPSA) is 81.0 Å². The minimum atomic E-state index is -0.391. The number of nitrogens with zero attached hydrogens (tertiary/aromatic N) is 3. The van der Waals surface area contributed by atoms with E-state index in [1.807, 2.05) is 12.3 Å². The van der Waals surface area contributed by atoms with Crippen molar-refractivity contribution in [2.45, 2.75) is 13.5 Å². The van der Waals surface area contributed by atoms with Crippen molar-refractivity contribution in [3.8, 4) is 0 Å². The largest absolute Gasteiger partial charge is 0.379 e. The molecule has 0 saturated carbocycles. The summed E-state index contributed by atoms with van der Waals surface area (Å²) in [4.78, 5) is 19.0. The number of hydrogen-bond acceptors (Lipinski definition) is 6. The van der Waals surface area contributed by atoms with E-state index < -0.39 is 4.92 Å². The zero-order chi connectivity index (χ0) is 14.8. The minimum Gasteiger partial charge on any atom is -0.379 e. The van der Waals surface area contributed by atoms with Crippen molar-refractivity contribution < 1.29 is 4.92 Å². The Balaban J connectivity index is 1.96. The Morgan fingerprint density at radius 2 is 2.19 bits per heavy atom. The molecule has 2 heterocycles. The van der Waals surface area contributed by atoms with E-state index in [-0.39, 0.29) is 5.69 Å². The Labute approximate surface area is 124 Å². The molecule has 6 nitrogen and oxygen atoms in total. The normalized spacial score (nSPS) is 10.7. The van der Waals surface area contributed by atoms with Gasteiger partial charge in [-0.3, -0.25) is 15.1 Å². The lowest BCUT2D eigenvalue weighted by Gasteiger charge is -2.08. The van der Waals surface area contributed by atoms with Crippen molar-refractivity contribution in [1.29, 1.82) is 0 Å². The molecule has 0 aliphatic rings. The van der Waals surface area contributed by atoms with Gasteiger partial charge in [0.05, 0.1) is 27.6 Å². The van der Waals surface area contributed by atoms with Crippen LogP contribution in [0.3, 0.4) is 0 Å². The monoisotopic (exact) mass is 300 g/mol. The number of rotatable bonds is 4. The van der Waals surface area contributed by atoms with E-state index in [9.17, 15) is 10.1 Å². The molecule has 21 heavy (non-hydrogen) atoms. The number of nitro benzene ring substituents is 1. The first-order valence-electron chi connectivity index (χ1n) is 6.31. The van der Waals surface area contributed by atoms with Gasteiger partial charge < -0.3 is 5.32 Å². The van der Waals surface area contributed by atoms with Gasteiger partial charge in [0.2, 0.25) is 0 Å². The van der Waals surface area contributed by atoms with Crippen molar-refractivity contribution in [1.82, 2.24) is 9.97 Å². The highest BCUT2D eigenvalue weighted by atomic mass is 32.1. The summed E-state index contributed by atoms with van der Waals surface area (Å²) < 4.78 is 0. The Morgan fingerprint density at radius 3 is 2.90 bits per heavy atom. The fourth-order valence-corrected chi connectivity index (χ4v) is 2.78. The van der Waals surface area contributed by atoms with Crippen LogP contribution in [0.15, 0.2) is 36.0 Å². The molecule has 106 valence electrons. The standard InChI is InChI=1S/C14H12N4O2S/c1-9-17-10(8-21-9)6-16-13-2-3-14(18(19)20)12-7-15-5-4-11(12)13/h2-5,7-8,16H,6H2,1H3. The highest BCUT2D eigenvalue weighted by Crippen LogP contribution is 2.30. The predicted molar refractivity (Wildman–Crippen MR) is 82.6 cm³/mol. The van der Waals surface area contributed by atoms with E-state index in [4.69, 9.17) is 0 Å². The number of aromatic nitrogens is 2. The van der Waals surface area contributed by atoms with Gasteiger partial charge in [-0.2, -0.15) is 0 Å². The Kier molecular flexibility index (Phi) is 3.49. The van der Waals surface area contributed by atoms with Crippen LogP contribution in [0.5, 0.6) is 0 Å². The number of pyridine rings is 1. The Morgan fingerprint density at radius 1 is 1.33 bits per heavy atom. The lowest BCUT2D eigenvalue weighted by molar-refractivity contribution is -0.383. The van der Waals surface area contributed by atoms with Crippen LogP contribution in [0.2, 0.25) is 0 Å². The third kappa shape index (κ3) is 2.68. The van der Waals surface area contributed by atoms with Gasteiger partial charge in [-0.15, -0.1) is 11.3 Å². The van der Waals surface area contributed by atoms with E-state index in [1.54, 1.807) is 29.7 Å². The summed E-state index contributed by atoms with van der Waals surface area (Å²) in [6, 6.07) is 5.00. The van der Waals surface area contributed by atoms with Crippen LogP contribution in [0.25, 0.3) is 10.8 Å². The molecule has 0 atom stereocenters. The number of nitro groups is 1. The van der Waals surface area contributed by atoms with Crippen molar-refractivity contribution in [3.63, 3.8) is 0 Å². The molecule has 0 fully saturated rings. The Hall–Kier alpha value is -2.54. The van der Waals surface area contributed by atoms with Crippen LogP contribution in [0.4, 0.5) is 11.4 Å². The fourth-order valence-electron chi connectivity index (χ4n) is 2.16. The van der Waals surface area contributed by atoms with Crippen LogP contribution in [-0.4, -0.2) is 14.9 Å². The molecule has 0 bridgehead atoms. The van der Waals surface area contributed by atoms with Gasteiger partial charge in [0.25, 0.3) is 5.69 Å². The van der Waals surface area contributed by atoms with Crippen LogP contribution < -0.4 is 5.32 Å². The summed E-state index contributed by atoms with van der Waals surface area (Å²) >= 11 is 1.60. The van der Waals surface area contributed by atoms with Gasteiger partial charge in [0.1, 0.15) is 0 Å². The summed E-state index contributed by atoms with van der Waals surface area (Å²) in [5.74, 6) is 0. The highest BCUT2D eigenvalue weighted by molar-refractivity contribution is 7.09. The molecule has 1 N–H and O–H groups in total. The second-order valence-corrected chi connectivity index (χ2v) is 5.58. The number of nitrogens with one attached hydrogen (secondary N) is 1. The summed E-state index contributed by atoms with van der Waals surface area (Å²) in [6.07, 6.45) is 3.15. The molecular weight excluding hydrogens is 288 g/mol. The van der Waals surface area contributed by atoms with E-state index in [1.165, 1.54) is 12.3 Å². The molecule has 3 aromatic rings. The van der Waals surface area contributed by atoms with Crippen LogP contribution in [-0.2, 0) is 6.54 Å². The summed E-state index contributed by atoms with van der Waals surface area (Å²) in [7, 11) is 0. The van der Waals surface area contributed by atoms with E-state index in [0.717, 1.165) is 21.8 Å². The molecule has 0 radical (unpaired) electrons. The lowest BCUT2D eigenvalue weighted by Crippen LogP contribution is -2.01. The molecule has 0 aliphatic heterocycles. The Bertz CT molecular complexity index is 816. The van der Waals surface area contributed by atoms with Crippen LogP contribution in [0.1, 0.15) is 10.7 Å². The maximum absolute atomic E-state index is 11.1. The molecule has 7 heteroatoms. The minimum absolute atomic E-state index is 0.0631.